The standard InChI is InChI=1S/C40H23F3N2S/c41-40(42,43)26-20-22-27(23-21-26)45-37-33-12-4-2-9-30(33)29-8-1-3-11-32(29)36(37)44-39(45)25-18-16-24(17-19-25)28-13-7-14-34-31-10-5-6-15-35(31)46-38(28)34/h1-23H. The second kappa shape index (κ2) is 10.0. The Morgan fingerprint density at radius 3 is 1.83 bits per heavy atom. The summed E-state index contributed by atoms with van der Waals surface area (Å²) in [5, 5.41) is 6.63. The van der Waals surface area contributed by atoms with E-state index in [-0.39, 0.29) is 0 Å². The predicted molar refractivity (Wildman–Crippen MR) is 185 cm³/mol. The normalized spacial score (nSPS) is 12.2. The van der Waals surface area contributed by atoms with Crippen LogP contribution in [-0.2, 0) is 6.18 Å². The molecule has 7 aromatic carbocycles. The van der Waals surface area contributed by atoms with Crippen molar-refractivity contribution in [3.05, 3.63) is 145 Å². The van der Waals surface area contributed by atoms with Gasteiger partial charge in [0.25, 0.3) is 0 Å². The van der Waals surface area contributed by atoms with Gasteiger partial charge in [-0.05, 0) is 52.2 Å². The number of thiophene rings is 1. The zero-order chi connectivity index (χ0) is 31.0. The molecular weight excluding hydrogens is 598 g/mol. The molecule has 0 aliphatic rings. The molecule has 0 aliphatic heterocycles. The monoisotopic (exact) mass is 620 g/mol. The molecular formula is C40H23F3N2S. The summed E-state index contributed by atoms with van der Waals surface area (Å²) in [7, 11) is 0. The molecule has 0 fully saturated rings. The third-order valence-corrected chi connectivity index (χ3v) is 10.1. The van der Waals surface area contributed by atoms with E-state index in [1.807, 2.05) is 28.8 Å². The number of aromatic nitrogens is 2. The smallest absolute Gasteiger partial charge is 0.292 e. The minimum Gasteiger partial charge on any atom is -0.292 e. The molecule has 0 amide bonds. The van der Waals surface area contributed by atoms with Crippen LogP contribution in [0.1, 0.15) is 5.56 Å². The van der Waals surface area contributed by atoms with Gasteiger partial charge in [-0.15, -0.1) is 11.3 Å². The Bertz CT molecular complexity index is 2610. The van der Waals surface area contributed by atoms with E-state index >= 15 is 0 Å². The summed E-state index contributed by atoms with van der Waals surface area (Å²) in [6.45, 7) is 0. The fourth-order valence-electron chi connectivity index (χ4n) is 6.72. The number of nitrogens with zero attached hydrogens (tertiary/aromatic N) is 2. The average Bonchev–Trinajstić information content (AvgIpc) is 3.68. The Morgan fingerprint density at radius 2 is 1.11 bits per heavy atom. The Labute approximate surface area is 265 Å². The van der Waals surface area contributed by atoms with E-state index < -0.39 is 11.7 Å². The molecule has 0 unspecified atom stereocenters. The molecule has 0 saturated heterocycles. The van der Waals surface area contributed by atoms with E-state index in [9.17, 15) is 13.2 Å². The van der Waals surface area contributed by atoms with Crippen LogP contribution in [0.5, 0.6) is 0 Å². The Kier molecular flexibility index (Phi) is 5.86. The molecule has 2 heterocycles. The summed E-state index contributed by atoms with van der Waals surface area (Å²) in [6, 6.07) is 44.9. The molecule has 9 aromatic rings. The van der Waals surface area contributed by atoms with Gasteiger partial charge in [0.05, 0.1) is 16.6 Å². The van der Waals surface area contributed by atoms with Crippen molar-refractivity contribution in [3.63, 3.8) is 0 Å². The maximum Gasteiger partial charge on any atom is 0.416 e. The lowest BCUT2D eigenvalue weighted by Gasteiger charge is -2.14. The van der Waals surface area contributed by atoms with Gasteiger partial charge in [0.1, 0.15) is 5.82 Å². The molecule has 6 heteroatoms. The highest BCUT2D eigenvalue weighted by atomic mass is 32.1. The number of rotatable bonds is 3. The number of hydrogen-bond acceptors (Lipinski definition) is 2. The summed E-state index contributed by atoms with van der Waals surface area (Å²) in [4.78, 5) is 5.23. The van der Waals surface area contributed by atoms with E-state index in [0.29, 0.717) is 11.5 Å². The molecule has 0 atom stereocenters. The highest BCUT2D eigenvalue weighted by Gasteiger charge is 2.30. The molecule has 0 saturated carbocycles. The molecule has 2 aromatic heterocycles. The lowest BCUT2D eigenvalue weighted by Crippen LogP contribution is -2.05. The molecule has 0 spiro atoms. The van der Waals surface area contributed by atoms with Gasteiger partial charge in [-0.1, -0.05) is 109 Å². The first-order valence-corrected chi connectivity index (χ1v) is 15.8. The number of imidazole rings is 1. The summed E-state index contributed by atoms with van der Waals surface area (Å²) in [6.07, 6.45) is -4.42. The van der Waals surface area contributed by atoms with Gasteiger partial charge in [-0.3, -0.25) is 4.57 Å². The molecule has 9 rings (SSSR count). The van der Waals surface area contributed by atoms with Crippen molar-refractivity contribution in [2.24, 2.45) is 0 Å². The first kappa shape index (κ1) is 26.9. The molecule has 46 heavy (non-hydrogen) atoms. The van der Waals surface area contributed by atoms with Crippen LogP contribution in [0.3, 0.4) is 0 Å². The average molecular weight is 621 g/mol. The van der Waals surface area contributed by atoms with E-state index in [1.54, 1.807) is 11.3 Å². The fourth-order valence-corrected chi connectivity index (χ4v) is 7.96. The zero-order valence-electron chi connectivity index (χ0n) is 24.2. The van der Waals surface area contributed by atoms with Crippen LogP contribution < -0.4 is 0 Å². The lowest BCUT2D eigenvalue weighted by molar-refractivity contribution is -0.137. The van der Waals surface area contributed by atoms with Crippen LogP contribution in [0, 0.1) is 0 Å². The number of fused-ring (bicyclic) bond motifs is 9. The maximum atomic E-state index is 13.6. The number of benzene rings is 7. The van der Waals surface area contributed by atoms with Crippen molar-refractivity contribution in [3.8, 4) is 28.2 Å². The zero-order valence-corrected chi connectivity index (χ0v) is 25.0. The minimum atomic E-state index is -4.42. The Hall–Kier alpha value is -5.46. The first-order chi connectivity index (χ1) is 22.5. The van der Waals surface area contributed by atoms with E-state index in [4.69, 9.17) is 4.98 Å². The predicted octanol–water partition coefficient (Wildman–Crippen LogP) is 12.1. The third kappa shape index (κ3) is 4.07. The molecule has 2 nitrogen and oxygen atoms in total. The fraction of sp³-hybridized carbons (Fsp3) is 0.0250. The van der Waals surface area contributed by atoms with Gasteiger partial charge in [0, 0.05) is 42.2 Å². The summed E-state index contributed by atoms with van der Waals surface area (Å²) >= 11 is 1.79. The van der Waals surface area contributed by atoms with Crippen LogP contribution in [0.2, 0.25) is 0 Å². The van der Waals surface area contributed by atoms with Crippen LogP contribution in [-0.4, -0.2) is 9.55 Å². The second-order valence-corrected chi connectivity index (χ2v) is 12.5. The highest BCUT2D eigenvalue weighted by Crippen LogP contribution is 2.42. The molecule has 0 aliphatic carbocycles. The van der Waals surface area contributed by atoms with Crippen molar-refractivity contribution in [2.45, 2.75) is 6.18 Å². The van der Waals surface area contributed by atoms with Gasteiger partial charge in [-0.2, -0.15) is 13.2 Å². The highest BCUT2D eigenvalue weighted by molar-refractivity contribution is 7.26. The van der Waals surface area contributed by atoms with Gasteiger partial charge in [0.2, 0.25) is 0 Å². The second-order valence-electron chi connectivity index (χ2n) is 11.5. The van der Waals surface area contributed by atoms with E-state index in [0.717, 1.165) is 55.8 Å². The number of alkyl halides is 3. The topological polar surface area (TPSA) is 17.8 Å². The van der Waals surface area contributed by atoms with Crippen molar-refractivity contribution >= 4 is 64.1 Å². The van der Waals surface area contributed by atoms with Gasteiger partial charge >= 0.3 is 6.18 Å². The van der Waals surface area contributed by atoms with Crippen LogP contribution in [0.25, 0.3) is 81.0 Å². The van der Waals surface area contributed by atoms with Gasteiger partial charge < -0.3 is 0 Å². The lowest BCUT2D eigenvalue weighted by atomic mass is 10.00. The number of halogens is 3. The number of hydrogen-bond donors (Lipinski definition) is 0. The Balaban J connectivity index is 1.29. The maximum absolute atomic E-state index is 13.6. The quantitative estimate of drug-likeness (QED) is 0.180. The SMILES string of the molecule is FC(F)(F)c1ccc(-n2c(-c3ccc(-c4cccc5c4sc4ccccc45)cc3)nc3c4ccccc4c4ccccc4c32)cc1. The molecule has 0 radical (unpaired) electrons. The van der Waals surface area contributed by atoms with Crippen LogP contribution in [0.4, 0.5) is 13.2 Å². The molecule has 0 N–H and O–H groups in total. The molecule has 0 bridgehead atoms. The Morgan fingerprint density at radius 1 is 0.522 bits per heavy atom. The largest absolute Gasteiger partial charge is 0.416 e. The van der Waals surface area contributed by atoms with Crippen molar-refractivity contribution < 1.29 is 13.2 Å². The van der Waals surface area contributed by atoms with Crippen LogP contribution >= 0.6 is 11.3 Å². The minimum absolute atomic E-state index is 0.616. The van der Waals surface area contributed by atoms with Crippen molar-refractivity contribution in [1.29, 1.82) is 0 Å². The van der Waals surface area contributed by atoms with Gasteiger partial charge in [0.15, 0.2) is 0 Å². The summed E-state index contributed by atoms with van der Waals surface area (Å²) in [5.74, 6) is 0.669. The summed E-state index contributed by atoms with van der Waals surface area (Å²) in [5.41, 5.74) is 4.73. The van der Waals surface area contributed by atoms with Gasteiger partial charge in [-0.25, -0.2) is 4.98 Å². The third-order valence-electron chi connectivity index (χ3n) is 8.84. The van der Waals surface area contributed by atoms with E-state index in [1.165, 1.54) is 37.9 Å². The first-order valence-electron chi connectivity index (χ1n) is 15.0. The van der Waals surface area contributed by atoms with Crippen LogP contribution in [0.15, 0.2) is 140 Å². The van der Waals surface area contributed by atoms with Crippen molar-refractivity contribution in [1.82, 2.24) is 9.55 Å². The molecule has 220 valence electrons. The summed E-state index contributed by atoms with van der Waals surface area (Å²) < 4.78 is 45.2. The van der Waals surface area contributed by atoms with Crippen molar-refractivity contribution in [2.75, 3.05) is 0 Å². The van der Waals surface area contributed by atoms with E-state index in [2.05, 4.69) is 91.0 Å².